The van der Waals surface area contributed by atoms with Crippen molar-refractivity contribution in [3.8, 4) is 17.2 Å². The average Bonchev–Trinajstić information content (AvgIpc) is 2.91. The lowest BCUT2D eigenvalue weighted by atomic mass is 9.97. The molecule has 0 aromatic heterocycles. The highest BCUT2D eigenvalue weighted by molar-refractivity contribution is 6.14. The first-order chi connectivity index (χ1) is 12.8. The summed E-state index contributed by atoms with van der Waals surface area (Å²) in [4.78, 5) is 24.7. The molecular weight excluding hydrogens is 344 g/mol. The Balaban J connectivity index is 1.86. The van der Waals surface area contributed by atoms with E-state index in [4.69, 9.17) is 14.2 Å². The first-order valence-corrected chi connectivity index (χ1v) is 8.82. The van der Waals surface area contributed by atoms with Gasteiger partial charge in [-0.05, 0) is 52.0 Å². The van der Waals surface area contributed by atoms with Crippen molar-refractivity contribution < 1.29 is 23.8 Å². The molecule has 0 unspecified atom stereocenters. The summed E-state index contributed by atoms with van der Waals surface area (Å²) in [6.07, 6.45) is 1.66. The molecular formula is C22H22O5. The van der Waals surface area contributed by atoms with Gasteiger partial charge in [-0.15, -0.1) is 0 Å². The molecule has 0 N–H and O–H groups in total. The summed E-state index contributed by atoms with van der Waals surface area (Å²) >= 11 is 0. The van der Waals surface area contributed by atoms with Gasteiger partial charge in [0.1, 0.15) is 17.2 Å². The maximum absolute atomic E-state index is 12.6. The average molecular weight is 366 g/mol. The fourth-order valence-electron chi connectivity index (χ4n) is 2.52. The van der Waals surface area contributed by atoms with Crippen molar-refractivity contribution in [3.63, 3.8) is 0 Å². The number of rotatable bonds is 4. The van der Waals surface area contributed by atoms with E-state index in [2.05, 4.69) is 0 Å². The largest absolute Gasteiger partial charge is 0.493 e. The lowest BCUT2D eigenvalue weighted by molar-refractivity contribution is -0.143. The van der Waals surface area contributed by atoms with Crippen molar-refractivity contribution >= 4 is 17.8 Å². The maximum Gasteiger partial charge on any atom is 0.316 e. The number of allylic oxidation sites excluding steroid dienone is 1. The smallest absolute Gasteiger partial charge is 0.316 e. The van der Waals surface area contributed by atoms with Crippen LogP contribution in [0.25, 0.3) is 6.08 Å². The summed E-state index contributed by atoms with van der Waals surface area (Å²) in [5, 5.41) is 0. The zero-order chi connectivity index (χ0) is 19.6. The van der Waals surface area contributed by atoms with Crippen LogP contribution in [-0.4, -0.2) is 18.4 Å². The SMILES string of the molecule is CCOc1ccccc1/C=C1\Oc2cc(OC(=O)C(C)(C)C)ccc2C1=O. The molecule has 0 spiro atoms. The van der Waals surface area contributed by atoms with Gasteiger partial charge in [0.2, 0.25) is 5.78 Å². The second-order valence-electron chi connectivity index (χ2n) is 7.21. The van der Waals surface area contributed by atoms with E-state index in [1.54, 1.807) is 45.0 Å². The fourth-order valence-corrected chi connectivity index (χ4v) is 2.52. The molecule has 0 saturated carbocycles. The van der Waals surface area contributed by atoms with E-state index in [0.717, 1.165) is 5.56 Å². The molecule has 0 saturated heterocycles. The highest BCUT2D eigenvalue weighted by Crippen LogP contribution is 2.36. The third kappa shape index (κ3) is 4.03. The molecule has 0 bridgehead atoms. The Hall–Kier alpha value is -3.08. The molecule has 1 heterocycles. The van der Waals surface area contributed by atoms with Crippen LogP contribution >= 0.6 is 0 Å². The van der Waals surface area contributed by atoms with Gasteiger partial charge in [-0.2, -0.15) is 0 Å². The number of carbonyl (C=O) groups excluding carboxylic acids is 2. The van der Waals surface area contributed by atoms with E-state index in [1.165, 1.54) is 0 Å². The van der Waals surface area contributed by atoms with E-state index >= 15 is 0 Å². The summed E-state index contributed by atoms with van der Waals surface area (Å²) in [5.41, 5.74) is 0.574. The number of hydrogen-bond donors (Lipinski definition) is 0. The van der Waals surface area contributed by atoms with Crippen molar-refractivity contribution in [3.05, 3.63) is 59.4 Å². The van der Waals surface area contributed by atoms with Crippen LogP contribution in [0.1, 0.15) is 43.6 Å². The predicted molar refractivity (Wildman–Crippen MR) is 102 cm³/mol. The molecule has 0 aliphatic carbocycles. The fraction of sp³-hybridized carbons (Fsp3) is 0.273. The quantitative estimate of drug-likeness (QED) is 0.448. The van der Waals surface area contributed by atoms with Gasteiger partial charge in [0.15, 0.2) is 5.76 Å². The van der Waals surface area contributed by atoms with Gasteiger partial charge in [-0.1, -0.05) is 18.2 Å². The Kier molecular flexibility index (Phi) is 5.04. The van der Waals surface area contributed by atoms with E-state index in [1.807, 2.05) is 31.2 Å². The van der Waals surface area contributed by atoms with Gasteiger partial charge in [0.05, 0.1) is 17.6 Å². The molecule has 1 aliphatic heterocycles. The minimum Gasteiger partial charge on any atom is -0.493 e. The van der Waals surface area contributed by atoms with Crippen LogP contribution in [0, 0.1) is 5.41 Å². The normalized spacial score (nSPS) is 14.7. The molecule has 1 aliphatic rings. The zero-order valence-electron chi connectivity index (χ0n) is 15.9. The Morgan fingerprint density at radius 3 is 2.59 bits per heavy atom. The van der Waals surface area contributed by atoms with Crippen LogP contribution < -0.4 is 14.2 Å². The molecule has 5 nitrogen and oxygen atoms in total. The van der Waals surface area contributed by atoms with Crippen LogP contribution in [0.15, 0.2) is 48.2 Å². The van der Waals surface area contributed by atoms with Crippen molar-refractivity contribution in [2.45, 2.75) is 27.7 Å². The topological polar surface area (TPSA) is 61.8 Å². The van der Waals surface area contributed by atoms with Crippen molar-refractivity contribution in [1.29, 1.82) is 0 Å². The van der Waals surface area contributed by atoms with Gasteiger partial charge in [-0.3, -0.25) is 9.59 Å². The summed E-state index contributed by atoms with van der Waals surface area (Å²) in [5.74, 6) is 1.03. The maximum atomic E-state index is 12.6. The summed E-state index contributed by atoms with van der Waals surface area (Å²) in [6, 6.07) is 12.2. The van der Waals surface area contributed by atoms with Gasteiger partial charge >= 0.3 is 5.97 Å². The van der Waals surface area contributed by atoms with Crippen LogP contribution in [-0.2, 0) is 4.79 Å². The zero-order valence-corrected chi connectivity index (χ0v) is 15.9. The number of hydrogen-bond acceptors (Lipinski definition) is 5. The number of fused-ring (bicyclic) bond motifs is 1. The summed E-state index contributed by atoms with van der Waals surface area (Å²) in [6.45, 7) is 7.76. The molecule has 0 amide bonds. The molecule has 0 fully saturated rings. The number of ether oxygens (including phenoxy) is 3. The first kappa shape index (κ1) is 18.7. The van der Waals surface area contributed by atoms with E-state index in [-0.39, 0.29) is 17.5 Å². The minimum absolute atomic E-state index is 0.205. The lowest BCUT2D eigenvalue weighted by Crippen LogP contribution is -2.25. The molecule has 140 valence electrons. The third-order valence-electron chi connectivity index (χ3n) is 3.97. The van der Waals surface area contributed by atoms with Gasteiger partial charge in [0, 0.05) is 11.6 Å². The highest BCUT2D eigenvalue weighted by Gasteiger charge is 2.29. The number of Topliss-reactive ketones (excluding diaryl/α,β-unsaturated/α-hetero) is 1. The lowest BCUT2D eigenvalue weighted by Gasteiger charge is -2.16. The molecule has 0 atom stereocenters. The minimum atomic E-state index is -0.621. The monoisotopic (exact) mass is 366 g/mol. The molecule has 5 heteroatoms. The van der Waals surface area contributed by atoms with E-state index < -0.39 is 5.41 Å². The van der Waals surface area contributed by atoms with Crippen molar-refractivity contribution in [1.82, 2.24) is 0 Å². The number of benzene rings is 2. The highest BCUT2D eigenvalue weighted by atomic mass is 16.5. The van der Waals surface area contributed by atoms with Crippen LogP contribution in [0.2, 0.25) is 0 Å². The van der Waals surface area contributed by atoms with Crippen LogP contribution in [0.3, 0.4) is 0 Å². The van der Waals surface area contributed by atoms with Gasteiger partial charge in [-0.25, -0.2) is 0 Å². The third-order valence-corrected chi connectivity index (χ3v) is 3.97. The predicted octanol–water partition coefficient (Wildman–Crippen LogP) is 4.65. The number of ketones is 1. The number of esters is 1. The molecule has 3 rings (SSSR count). The second-order valence-corrected chi connectivity index (χ2v) is 7.21. The standard InChI is InChI=1S/C22H22O5/c1-5-25-17-9-7-6-8-14(17)12-19-20(23)16-11-10-15(13-18(16)27-19)26-21(24)22(2,3)4/h6-13H,5H2,1-4H3/b19-12-. The van der Waals surface area contributed by atoms with Crippen molar-refractivity contribution in [2.75, 3.05) is 6.61 Å². The molecule has 0 radical (unpaired) electrons. The van der Waals surface area contributed by atoms with Crippen molar-refractivity contribution in [2.24, 2.45) is 5.41 Å². The second kappa shape index (κ2) is 7.27. The molecule has 27 heavy (non-hydrogen) atoms. The van der Waals surface area contributed by atoms with E-state index in [9.17, 15) is 9.59 Å². The molecule has 2 aromatic rings. The number of para-hydroxylation sites is 1. The molecule has 2 aromatic carbocycles. The Morgan fingerprint density at radius 2 is 1.89 bits per heavy atom. The number of carbonyl (C=O) groups is 2. The Morgan fingerprint density at radius 1 is 1.15 bits per heavy atom. The Bertz CT molecular complexity index is 919. The van der Waals surface area contributed by atoms with Crippen LogP contribution in [0.4, 0.5) is 0 Å². The summed E-state index contributed by atoms with van der Waals surface area (Å²) < 4.78 is 16.7. The van der Waals surface area contributed by atoms with Gasteiger partial charge in [0.25, 0.3) is 0 Å². The Labute approximate surface area is 158 Å². The first-order valence-electron chi connectivity index (χ1n) is 8.82. The van der Waals surface area contributed by atoms with Crippen LogP contribution in [0.5, 0.6) is 17.2 Å². The van der Waals surface area contributed by atoms with E-state index in [0.29, 0.717) is 29.4 Å². The van der Waals surface area contributed by atoms with Gasteiger partial charge < -0.3 is 14.2 Å². The summed E-state index contributed by atoms with van der Waals surface area (Å²) in [7, 11) is 0.